The largest absolute Gasteiger partial charge is 0.355 e. The van der Waals surface area contributed by atoms with E-state index >= 15 is 0 Å². The molecular weight excluding hydrogens is 477 g/mol. The Balaban J connectivity index is 1.38. The van der Waals surface area contributed by atoms with E-state index in [1.807, 2.05) is 78.9 Å². The van der Waals surface area contributed by atoms with E-state index in [1.165, 1.54) is 5.56 Å². The number of amides is 1. The van der Waals surface area contributed by atoms with Crippen molar-refractivity contribution in [2.75, 3.05) is 6.54 Å². The first-order chi connectivity index (χ1) is 16.9. The summed E-state index contributed by atoms with van der Waals surface area (Å²) in [6.45, 7) is 2.71. The van der Waals surface area contributed by atoms with Gasteiger partial charge in [0.2, 0.25) is 5.91 Å². The molecule has 0 radical (unpaired) electrons. The number of hydrogen-bond acceptors (Lipinski definition) is 2. The van der Waals surface area contributed by atoms with Crippen LogP contribution in [0, 0.1) is 11.8 Å². The minimum Gasteiger partial charge on any atom is -0.355 e. The second kappa shape index (κ2) is 11.9. The molecular formula is C30H31Cl2NO2. The van der Waals surface area contributed by atoms with E-state index in [0.29, 0.717) is 16.6 Å². The van der Waals surface area contributed by atoms with E-state index < -0.39 is 0 Å². The highest BCUT2D eigenvalue weighted by molar-refractivity contribution is 6.30. The molecule has 0 aromatic heterocycles. The molecule has 5 heteroatoms. The van der Waals surface area contributed by atoms with E-state index in [2.05, 4.69) is 12.2 Å². The fourth-order valence-electron chi connectivity index (χ4n) is 5.10. The van der Waals surface area contributed by atoms with E-state index in [-0.39, 0.29) is 35.4 Å². The van der Waals surface area contributed by atoms with Crippen LogP contribution >= 0.6 is 23.2 Å². The molecule has 0 saturated heterocycles. The van der Waals surface area contributed by atoms with Crippen LogP contribution in [0.2, 0.25) is 10.0 Å². The van der Waals surface area contributed by atoms with Gasteiger partial charge in [0.05, 0.1) is 0 Å². The Morgan fingerprint density at radius 3 is 1.86 bits per heavy atom. The summed E-state index contributed by atoms with van der Waals surface area (Å²) in [5, 5.41) is 4.62. The molecule has 1 fully saturated rings. The van der Waals surface area contributed by atoms with E-state index in [4.69, 9.17) is 23.2 Å². The normalized spacial score (nSPS) is 19.5. The van der Waals surface area contributed by atoms with Crippen molar-refractivity contribution in [2.24, 2.45) is 11.8 Å². The fourth-order valence-corrected chi connectivity index (χ4v) is 5.35. The first-order valence-corrected chi connectivity index (χ1v) is 13.1. The number of rotatable bonds is 8. The van der Waals surface area contributed by atoms with Gasteiger partial charge in [0.15, 0.2) is 5.78 Å². The number of carbonyl (C=O) groups excluding carboxylic acids is 2. The molecule has 1 amide bonds. The zero-order valence-corrected chi connectivity index (χ0v) is 21.4. The van der Waals surface area contributed by atoms with Crippen LogP contribution in [0.1, 0.15) is 65.9 Å². The SMILES string of the molecule is CC(c1ccc(Cl)cc1)C(CNC(=O)C1CCC(C(=O)c2ccccc2)CC1)c1ccc(Cl)cc1. The Labute approximate surface area is 217 Å². The van der Waals surface area contributed by atoms with Crippen LogP contribution in [-0.2, 0) is 4.79 Å². The Morgan fingerprint density at radius 2 is 1.29 bits per heavy atom. The third-order valence-corrected chi connectivity index (χ3v) is 7.82. The lowest BCUT2D eigenvalue weighted by Gasteiger charge is -2.29. The topological polar surface area (TPSA) is 46.2 Å². The number of ketones is 1. The Bertz CT molecular complexity index is 1120. The molecule has 182 valence electrons. The number of Topliss-reactive ketones (excluding diaryl/α,β-unsaturated/α-hetero) is 1. The summed E-state index contributed by atoms with van der Waals surface area (Å²) in [6.07, 6.45) is 3.00. The lowest BCUT2D eigenvalue weighted by Crippen LogP contribution is -2.37. The van der Waals surface area contributed by atoms with E-state index in [0.717, 1.165) is 36.8 Å². The third-order valence-electron chi connectivity index (χ3n) is 7.32. The summed E-state index contributed by atoms with van der Waals surface area (Å²) in [6, 6.07) is 25.2. The number of hydrogen-bond donors (Lipinski definition) is 1. The van der Waals surface area contributed by atoms with Crippen molar-refractivity contribution in [1.29, 1.82) is 0 Å². The van der Waals surface area contributed by atoms with Gasteiger partial charge in [-0.15, -0.1) is 0 Å². The molecule has 3 aromatic rings. The van der Waals surface area contributed by atoms with Crippen LogP contribution in [-0.4, -0.2) is 18.2 Å². The van der Waals surface area contributed by atoms with E-state index in [1.54, 1.807) is 0 Å². The number of halogens is 2. The molecule has 0 heterocycles. The van der Waals surface area contributed by atoms with Gasteiger partial charge in [-0.2, -0.15) is 0 Å². The molecule has 3 nitrogen and oxygen atoms in total. The summed E-state index contributed by atoms with van der Waals surface area (Å²) in [5.41, 5.74) is 3.07. The van der Waals surface area contributed by atoms with Gasteiger partial charge in [0.25, 0.3) is 0 Å². The highest BCUT2D eigenvalue weighted by Gasteiger charge is 2.31. The van der Waals surface area contributed by atoms with Crippen molar-refractivity contribution in [3.8, 4) is 0 Å². The first kappa shape index (κ1) is 25.5. The van der Waals surface area contributed by atoms with Gasteiger partial charge in [-0.25, -0.2) is 0 Å². The Kier molecular flexibility index (Phi) is 8.64. The molecule has 35 heavy (non-hydrogen) atoms. The molecule has 0 aliphatic heterocycles. The molecule has 2 unspecified atom stereocenters. The van der Waals surface area contributed by atoms with Crippen molar-refractivity contribution in [2.45, 2.75) is 44.4 Å². The molecule has 0 bridgehead atoms. The maximum absolute atomic E-state index is 13.1. The summed E-state index contributed by atoms with van der Waals surface area (Å²) >= 11 is 12.2. The number of carbonyl (C=O) groups is 2. The maximum atomic E-state index is 13.1. The lowest BCUT2D eigenvalue weighted by atomic mass is 9.78. The van der Waals surface area contributed by atoms with Crippen molar-refractivity contribution in [1.82, 2.24) is 5.32 Å². The predicted molar refractivity (Wildman–Crippen MR) is 143 cm³/mol. The Morgan fingerprint density at radius 1 is 0.771 bits per heavy atom. The molecule has 0 spiro atoms. The molecule has 1 aliphatic rings. The number of nitrogens with one attached hydrogen (secondary N) is 1. The molecule has 2 atom stereocenters. The average molecular weight is 508 g/mol. The van der Waals surface area contributed by atoms with E-state index in [9.17, 15) is 9.59 Å². The van der Waals surface area contributed by atoms with Gasteiger partial charge in [-0.05, 0) is 67.0 Å². The molecule has 1 aliphatic carbocycles. The summed E-state index contributed by atoms with van der Waals surface area (Å²) < 4.78 is 0. The standard InChI is InChI=1S/C30H31Cl2NO2/c1-20(21-11-15-26(31)16-12-21)28(22-13-17-27(32)18-14-22)19-33-30(35)25-9-7-24(8-10-25)29(34)23-5-3-2-4-6-23/h2-6,11-18,20,24-25,28H,7-10,19H2,1H3,(H,33,35). The summed E-state index contributed by atoms with van der Waals surface area (Å²) in [4.78, 5) is 25.9. The predicted octanol–water partition coefficient (Wildman–Crippen LogP) is 7.69. The van der Waals surface area contributed by atoms with Crippen molar-refractivity contribution in [3.05, 3.63) is 106 Å². The van der Waals surface area contributed by atoms with Crippen LogP contribution in [0.3, 0.4) is 0 Å². The molecule has 1 saturated carbocycles. The van der Waals surface area contributed by atoms with Crippen molar-refractivity contribution >= 4 is 34.9 Å². The zero-order valence-electron chi connectivity index (χ0n) is 19.9. The van der Waals surface area contributed by atoms with Gasteiger partial charge >= 0.3 is 0 Å². The number of benzene rings is 3. The molecule has 4 rings (SSSR count). The van der Waals surface area contributed by atoms with Gasteiger partial charge in [-0.3, -0.25) is 9.59 Å². The lowest BCUT2D eigenvalue weighted by molar-refractivity contribution is -0.126. The van der Waals surface area contributed by atoms with Crippen LogP contribution in [0.15, 0.2) is 78.9 Å². The molecule has 1 N–H and O–H groups in total. The first-order valence-electron chi connectivity index (χ1n) is 12.3. The quantitative estimate of drug-likeness (QED) is 0.317. The maximum Gasteiger partial charge on any atom is 0.223 e. The Hall–Kier alpha value is -2.62. The summed E-state index contributed by atoms with van der Waals surface area (Å²) in [5.74, 6) is 0.503. The highest BCUT2D eigenvalue weighted by Crippen LogP contribution is 2.35. The second-order valence-corrected chi connectivity index (χ2v) is 10.4. The highest BCUT2D eigenvalue weighted by atomic mass is 35.5. The van der Waals surface area contributed by atoms with Crippen LogP contribution in [0.5, 0.6) is 0 Å². The van der Waals surface area contributed by atoms with Crippen molar-refractivity contribution in [3.63, 3.8) is 0 Å². The third kappa shape index (κ3) is 6.54. The summed E-state index contributed by atoms with van der Waals surface area (Å²) in [7, 11) is 0. The van der Waals surface area contributed by atoms with Crippen molar-refractivity contribution < 1.29 is 9.59 Å². The fraction of sp³-hybridized carbons (Fsp3) is 0.333. The zero-order chi connectivity index (χ0) is 24.8. The van der Waals surface area contributed by atoms with Gasteiger partial charge in [0, 0.05) is 39.9 Å². The minimum atomic E-state index is -0.0495. The minimum absolute atomic E-state index is 0.00759. The van der Waals surface area contributed by atoms with Gasteiger partial charge in [0.1, 0.15) is 0 Å². The smallest absolute Gasteiger partial charge is 0.223 e. The second-order valence-electron chi connectivity index (χ2n) is 9.52. The van der Waals surface area contributed by atoms with Crippen LogP contribution in [0.4, 0.5) is 0 Å². The average Bonchev–Trinajstić information content (AvgIpc) is 2.90. The van der Waals surface area contributed by atoms with Crippen LogP contribution in [0.25, 0.3) is 0 Å². The van der Waals surface area contributed by atoms with Gasteiger partial charge < -0.3 is 5.32 Å². The molecule has 3 aromatic carbocycles. The monoisotopic (exact) mass is 507 g/mol. The van der Waals surface area contributed by atoms with Crippen LogP contribution < -0.4 is 5.32 Å². The van der Waals surface area contributed by atoms with Gasteiger partial charge in [-0.1, -0.05) is 84.7 Å².